The first-order valence-electron chi connectivity index (χ1n) is 8.17. The van der Waals surface area contributed by atoms with Crippen LogP contribution in [0, 0.1) is 0 Å². The van der Waals surface area contributed by atoms with E-state index in [0.717, 1.165) is 21.4 Å². The number of amides is 4. The minimum Gasteiger partial charge on any atom is -0.350 e. The average Bonchev–Trinajstić information content (AvgIpc) is 2.96. The second kappa shape index (κ2) is 6.41. The molecule has 0 bridgehead atoms. The predicted octanol–water partition coefficient (Wildman–Crippen LogP) is 3.50. The molecular formula is C20H14ClN3O3. The van der Waals surface area contributed by atoms with Gasteiger partial charge in [-0.15, -0.1) is 0 Å². The second-order valence-electron chi connectivity index (χ2n) is 6.15. The van der Waals surface area contributed by atoms with Gasteiger partial charge in [-0.1, -0.05) is 29.8 Å². The Balaban J connectivity index is 1.80. The number of para-hydroxylation sites is 1. The molecule has 1 saturated heterocycles. The van der Waals surface area contributed by atoms with E-state index in [0.29, 0.717) is 10.7 Å². The van der Waals surface area contributed by atoms with E-state index in [2.05, 4.69) is 5.32 Å². The van der Waals surface area contributed by atoms with Gasteiger partial charge in [0.25, 0.3) is 11.8 Å². The van der Waals surface area contributed by atoms with Crippen LogP contribution in [0.3, 0.4) is 0 Å². The fourth-order valence-corrected chi connectivity index (χ4v) is 3.25. The van der Waals surface area contributed by atoms with Gasteiger partial charge >= 0.3 is 6.03 Å². The maximum absolute atomic E-state index is 12.9. The first-order valence-corrected chi connectivity index (χ1v) is 8.54. The van der Waals surface area contributed by atoms with Crippen molar-refractivity contribution in [1.29, 1.82) is 0 Å². The highest BCUT2D eigenvalue weighted by atomic mass is 35.5. The number of aryl methyl sites for hydroxylation is 1. The van der Waals surface area contributed by atoms with Gasteiger partial charge in [0.2, 0.25) is 0 Å². The van der Waals surface area contributed by atoms with Crippen LogP contribution in [0.15, 0.2) is 60.3 Å². The second-order valence-corrected chi connectivity index (χ2v) is 6.58. The molecular weight excluding hydrogens is 366 g/mol. The number of hydrogen-bond acceptors (Lipinski definition) is 3. The summed E-state index contributed by atoms with van der Waals surface area (Å²) in [7, 11) is 1.89. The molecule has 0 radical (unpaired) electrons. The number of carbonyl (C=O) groups excluding carboxylic acids is 3. The molecule has 1 aliphatic heterocycles. The highest BCUT2D eigenvalue weighted by molar-refractivity contribution is 6.39. The zero-order valence-electron chi connectivity index (χ0n) is 14.3. The molecule has 2 heterocycles. The molecule has 0 saturated carbocycles. The van der Waals surface area contributed by atoms with Crippen LogP contribution < -0.4 is 10.2 Å². The Morgan fingerprint density at radius 3 is 2.44 bits per heavy atom. The van der Waals surface area contributed by atoms with Crippen LogP contribution >= 0.6 is 11.6 Å². The Morgan fingerprint density at radius 1 is 1.00 bits per heavy atom. The van der Waals surface area contributed by atoms with E-state index in [-0.39, 0.29) is 5.57 Å². The van der Waals surface area contributed by atoms with Crippen LogP contribution in [0.5, 0.6) is 0 Å². The lowest BCUT2D eigenvalue weighted by molar-refractivity contribution is -0.122. The molecule has 1 N–H and O–H groups in total. The van der Waals surface area contributed by atoms with Crippen molar-refractivity contribution in [1.82, 2.24) is 9.88 Å². The van der Waals surface area contributed by atoms with Gasteiger partial charge in [0.15, 0.2) is 0 Å². The van der Waals surface area contributed by atoms with Gasteiger partial charge in [-0.2, -0.15) is 0 Å². The molecule has 0 aliphatic carbocycles. The number of fused-ring (bicyclic) bond motifs is 1. The molecule has 4 rings (SSSR count). The summed E-state index contributed by atoms with van der Waals surface area (Å²) < 4.78 is 1.91. The Morgan fingerprint density at radius 2 is 1.70 bits per heavy atom. The third kappa shape index (κ3) is 2.90. The number of anilines is 1. The van der Waals surface area contributed by atoms with Crippen LogP contribution in [-0.4, -0.2) is 22.4 Å². The van der Waals surface area contributed by atoms with E-state index in [1.165, 1.54) is 6.08 Å². The maximum atomic E-state index is 12.9. The van der Waals surface area contributed by atoms with Crippen molar-refractivity contribution >= 4 is 52.1 Å². The largest absolute Gasteiger partial charge is 0.350 e. The van der Waals surface area contributed by atoms with Crippen LogP contribution in [0.4, 0.5) is 10.5 Å². The van der Waals surface area contributed by atoms with Crippen LogP contribution in [-0.2, 0) is 16.6 Å². The predicted molar refractivity (Wildman–Crippen MR) is 103 cm³/mol. The number of barbiturate groups is 1. The minimum absolute atomic E-state index is 0.110. The Hall–Kier alpha value is -3.38. The van der Waals surface area contributed by atoms with Crippen molar-refractivity contribution in [2.45, 2.75) is 0 Å². The van der Waals surface area contributed by atoms with E-state index in [4.69, 9.17) is 11.6 Å². The smallest absolute Gasteiger partial charge is 0.335 e. The third-order valence-electron chi connectivity index (χ3n) is 4.41. The third-order valence-corrected chi connectivity index (χ3v) is 4.67. The zero-order valence-corrected chi connectivity index (χ0v) is 15.0. The molecule has 0 unspecified atom stereocenters. The SMILES string of the molecule is Cn1cc(/C=C2\C(=O)NC(=O)N(c3ccc(Cl)cc3)C2=O)c2ccccc21. The number of urea groups is 1. The van der Waals surface area contributed by atoms with Gasteiger partial charge in [-0.3, -0.25) is 14.9 Å². The van der Waals surface area contributed by atoms with E-state index in [1.807, 2.05) is 42.1 Å². The lowest BCUT2D eigenvalue weighted by Crippen LogP contribution is -2.54. The number of hydrogen-bond donors (Lipinski definition) is 1. The van der Waals surface area contributed by atoms with Crippen molar-refractivity contribution in [2.75, 3.05) is 4.90 Å². The summed E-state index contributed by atoms with van der Waals surface area (Å²) in [5.41, 5.74) is 1.91. The number of halogens is 1. The van der Waals surface area contributed by atoms with Crippen molar-refractivity contribution in [3.63, 3.8) is 0 Å². The van der Waals surface area contributed by atoms with Gasteiger partial charge in [0, 0.05) is 34.7 Å². The number of nitrogens with one attached hydrogen (secondary N) is 1. The zero-order chi connectivity index (χ0) is 19.1. The Kier molecular flexibility index (Phi) is 4.05. The lowest BCUT2D eigenvalue weighted by atomic mass is 10.1. The van der Waals surface area contributed by atoms with Gasteiger partial charge in [0.05, 0.1) is 5.69 Å². The van der Waals surface area contributed by atoms with Crippen molar-refractivity contribution in [3.05, 3.63) is 70.9 Å². The fourth-order valence-electron chi connectivity index (χ4n) is 3.13. The summed E-state index contributed by atoms with van der Waals surface area (Å²) >= 11 is 5.87. The molecule has 0 spiro atoms. The lowest BCUT2D eigenvalue weighted by Gasteiger charge is -2.26. The number of carbonyl (C=O) groups is 3. The topological polar surface area (TPSA) is 71.4 Å². The molecule has 134 valence electrons. The molecule has 0 atom stereocenters. The molecule has 4 amide bonds. The summed E-state index contributed by atoms with van der Waals surface area (Å²) in [5, 5.41) is 3.60. The number of nitrogens with zero attached hydrogens (tertiary/aromatic N) is 2. The first kappa shape index (κ1) is 17.1. The Labute approximate surface area is 159 Å². The van der Waals surface area contributed by atoms with E-state index < -0.39 is 17.8 Å². The highest BCUT2D eigenvalue weighted by Crippen LogP contribution is 2.26. The summed E-state index contributed by atoms with van der Waals surface area (Å²) in [5.74, 6) is -1.40. The number of benzene rings is 2. The summed E-state index contributed by atoms with van der Waals surface area (Å²) in [6.45, 7) is 0. The number of imide groups is 2. The number of rotatable bonds is 2. The molecule has 27 heavy (non-hydrogen) atoms. The molecule has 6 nitrogen and oxygen atoms in total. The number of aromatic nitrogens is 1. The fraction of sp³-hybridized carbons (Fsp3) is 0.0500. The summed E-state index contributed by atoms with van der Waals surface area (Å²) in [6.07, 6.45) is 3.34. The van der Waals surface area contributed by atoms with E-state index in [9.17, 15) is 14.4 Å². The van der Waals surface area contributed by atoms with Gasteiger partial charge in [0.1, 0.15) is 5.57 Å². The Bertz CT molecular complexity index is 1130. The average molecular weight is 380 g/mol. The monoisotopic (exact) mass is 379 g/mol. The standard InChI is InChI=1S/C20H14ClN3O3/c1-23-11-12(15-4-2-3-5-17(15)23)10-16-18(25)22-20(27)24(19(16)26)14-8-6-13(21)7-9-14/h2-11H,1H3,(H,22,25,27)/b16-10+. The van der Waals surface area contributed by atoms with Crippen molar-refractivity contribution in [3.8, 4) is 0 Å². The van der Waals surface area contributed by atoms with Crippen molar-refractivity contribution < 1.29 is 14.4 Å². The molecule has 7 heteroatoms. The van der Waals surface area contributed by atoms with Crippen LogP contribution in [0.2, 0.25) is 5.02 Å². The van der Waals surface area contributed by atoms with Crippen molar-refractivity contribution in [2.24, 2.45) is 7.05 Å². The quantitative estimate of drug-likeness (QED) is 0.547. The van der Waals surface area contributed by atoms with Gasteiger partial charge in [-0.25, -0.2) is 9.69 Å². The van der Waals surface area contributed by atoms with Crippen LogP contribution in [0.25, 0.3) is 17.0 Å². The molecule has 1 aromatic heterocycles. The van der Waals surface area contributed by atoms with Gasteiger partial charge < -0.3 is 4.57 Å². The van der Waals surface area contributed by atoms with E-state index in [1.54, 1.807) is 24.3 Å². The first-order chi connectivity index (χ1) is 13.0. The van der Waals surface area contributed by atoms with Gasteiger partial charge in [-0.05, 0) is 36.4 Å². The minimum atomic E-state index is -0.789. The molecule has 1 aliphatic rings. The highest BCUT2D eigenvalue weighted by Gasteiger charge is 2.36. The molecule has 1 fully saturated rings. The van der Waals surface area contributed by atoms with Crippen LogP contribution in [0.1, 0.15) is 5.56 Å². The summed E-state index contributed by atoms with van der Waals surface area (Å²) in [6, 6.07) is 13.1. The normalized spacial score (nSPS) is 16.3. The molecule has 2 aromatic carbocycles. The van der Waals surface area contributed by atoms with E-state index >= 15 is 0 Å². The maximum Gasteiger partial charge on any atom is 0.335 e. The molecule has 3 aromatic rings. The summed E-state index contributed by atoms with van der Waals surface area (Å²) in [4.78, 5) is 38.4.